The smallest absolute Gasteiger partial charge is 0.247 e. The molecule has 1 atom stereocenters. The van der Waals surface area contributed by atoms with Crippen molar-refractivity contribution >= 4 is 12.0 Å². The molecule has 1 amide bonds. The lowest BCUT2D eigenvalue weighted by molar-refractivity contribution is -0.129. The predicted octanol–water partition coefficient (Wildman–Crippen LogP) is 5.13. The van der Waals surface area contributed by atoms with Gasteiger partial charge in [0.05, 0.1) is 26.5 Å². The predicted molar refractivity (Wildman–Crippen MR) is 127 cm³/mol. The first-order valence-electron chi connectivity index (χ1n) is 11.0. The summed E-state index contributed by atoms with van der Waals surface area (Å²) in [5.74, 6) is 2.64. The average molecular weight is 448 g/mol. The minimum Gasteiger partial charge on any atom is -0.493 e. The number of furan rings is 1. The lowest BCUT2D eigenvalue weighted by atomic mass is 9.92. The molecule has 1 aliphatic rings. The Morgan fingerprint density at radius 3 is 2.48 bits per heavy atom. The molecule has 1 unspecified atom stereocenters. The summed E-state index contributed by atoms with van der Waals surface area (Å²) in [5, 5.41) is 0. The van der Waals surface area contributed by atoms with Crippen LogP contribution >= 0.6 is 0 Å². The zero-order valence-corrected chi connectivity index (χ0v) is 19.5. The van der Waals surface area contributed by atoms with Gasteiger partial charge in [0.1, 0.15) is 18.1 Å². The number of ether oxygens (including phenoxy) is 3. The van der Waals surface area contributed by atoms with Crippen molar-refractivity contribution < 1.29 is 23.4 Å². The van der Waals surface area contributed by atoms with Crippen LogP contribution in [0.3, 0.4) is 0 Å². The van der Waals surface area contributed by atoms with Gasteiger partial charge >= 0.3 is 0 Å². The van der Waals surface area contributed by atoms with Gasteiger partial charge in [-0.25, -0.2) is 0 Å². The maximum Gasteiger partial charge on any atom is 0.247 e. The number of carbonyl (C=O) groups excluding carboxylic acids is 1. The SMILES string of the molecule is COc1cc2c(cc1OC)C(COc1cc(C)cc(C)c1)N(C(=O)/C=C/c1ccco1)CC2. The molecule has 0 saturated carbocycles. The Morgan fingerprint density at radius 1 is 1.09 bits per heavy atom. The van der Waals surface area contributed by atoms with Crippen molar-refractivity contribution in [3.63, 3.8) is 0 Å². The highest BCUT2D eigenvalue weighted by molar-refractivity contribution is 5.92. The summed E-state index contributed by atoms with van der Waals surface area (Å²) in [6.07, 6.45) is 5.54. The summed E-state index contributed by atoms with van der Waals surface area (Å²) >= 11 is 0. The van der Waals surface area contributed by atoms with E-state index in [1.54, 1.807) is 38.7 Å². The molecule has 6 nitrogen and oxygen atoms in total. The molecule has 4 rings (SSSR count). The molecule has 0 spiro atoms. The van der Waals surface area contributed by atoms with Crippen LogP contribution in [-0.2, 0) is 11.2 Å². The summed E-state index contributed by atoms with van der Waals surface area (Å²) in [5.41, 5.74) is 4.40. The van der Waals surface area contributed by atoms with Gasteiger partial charge in [0, 0.05) is 12.6 Å². The van der Waals surface area contributed by atoms with Crippen molar-refractivity contribution in [1.29, 1.82) is 0 Å². The maximum absolute atomic E-state index is 13.2. The zero-order chi connectivity index (χ0) is 23.4. The van der Waals surface area contributed by atoms with Gasteiger partial charge in [-0.3, -0.25) is 4.79 Å². The average Bonchev–Trinajstić information content (AvgIpc) is 3.33. The molecule has 1 aliphatic heterocycles. The van der Waals surface area contributed by atoms with E-state index in [0.717, 1.165) is 34.4 Å². The van der Waals surface area contributed by atoms with Crippen LogP contribution in [0.25, 0.3) is 6.08 Å². The summed E-state index contributed by atoms with van der Waals surface area (Å²) in [6, 6.07) is 13.4. The van der Waals surface area contributed by atoms with E-state index in [1.165, 1.54) is 0 Å². The lowest BCUT2D eigenvalue weighted by Crippen LogP contribution is -2.41. The van der Waals surface area contributed by atoms with E-state index in [1.807, 2.05) is 49.1 Å². The van der Waals surface area contributed by atoms with Crippen LogP contribution in [0.1, 0.15) is 34.1 Å². The zero-order valence-electron chi connectivity index (χ0n) is 19.5. The number of nitrogens with zero attached hydrogens (tertiary/aromatic N) is 1. The second-order valence-electron chi connectivity index (χ2n) is 8.19. The molecule has 0 radical (unpaired) electrons. The van der Waals surface area contributed by atoms with Crippen molar-refractivity contribution in [2.45, 2.75) is 26.3 Å². The van der Waals surface area contributed by atoms with Gasteiger partial charge in [-0.05, 0) is 85.0 Å². The van der Waals surface area contributed by atoms with Gasteiger partial charge in [0.25, 0.3) is 0 Å². The van der Waals surface area contributed by atoms with Crippen molar-refractivity contribution in [2.24, 2.45) is 0 Å². The largest absolute Gasteiger partial charge is 0.493 e. The van der Waals surface area contributed by atoms with Gasteiger partial charge < -0.3 is 23.5 Å². The highest BCUT2D eigenvalue weighted by Gasteiger charge is 2.32. The molecule has 0 N–H and O–H groups in total. The third kappa shape index (κ3) is 5.06. The fraction of sp³-hybridized carbons (Fsp3) is 0.296. The van der Waals surface area contributed by atoms with E-state index in [9.17, 15) is 4.79 Å². The minimum absolute atomic E-state index is 0.0964. The molecule has 0 fully saturated rings. The Balaban J connectivity index is 1.66. The number of aryl methyl sites for hydroxylation is 2. The fourth-order valence-electron chi connectivity index (χ4n) is 4.30. The second kappa shape index (κ2) is 9.86. The monoisotopic (exact) mass is 447 g/mol. The van der Waals surface area contributed by atoms with E-state index < -0.39 is 0 Å². The number of fused-ring (bicyclic) bond motifs is 1. The Bertz CT molecular complexity index is 1130. The first-order chi connectivity index (χ1) is 16.0. The third-order valence-electron chi connectivity index (χ3n) is 5.82. The maximum atomic E-state index is 13.2. The van der Waals surface area contributed by atoms with Gasteiger partial charge in [0.2, 0.25) is 5.91 Å². The molecule has 33 heavy (non-hydrogen) atoms. The number of amides is 1. The summed E-state index contributed by atoms with van der Waals surface area (Å²) in [4.78, 5) is 15.0. The van der Waals surface area contributed by atoms with Crippen LogP contribution in [0.5, 0.6) is 17.2 Å². The van der Waals surface area contributed by atoms with Crippen molar-refractivity contribution in [2.75, 3.05) is 27.4 Å². The molecule has 0 bridgehead atoms. The number of benzene rings is 2. The summed E-state index contributed by atoms with van der Waals surface area (Å²) in [7, 11) is 3.24. The molecule has 0 saturated heterocycles. The van der Waals surface area contributed by atoms with Crippen LogP contribution in [0.15, 0.2) is 59.2 Å². The molecular formula is C27H29NO5. The lowest BCUT2D eigenvalue weighted by Gasteiger charge is -2.37. The topological polar surface area (TPSA) is 61.1 Å². The normalized spacial score (nSPS) is 15.4. The van der Waals surface area contributed by atoms with E-state index in [0.29, 0.717) is 30.4 Å². The Hall–Kier alpha value is -3.67. The Kier molecular flexibility index (Phi) is 6.73. The van der Waals surface area contributed by atoms with Crippen LogP contribution in [-0.4, -0.2) is 38.2 Å². The molecule has 3 aromatic rings. The first-order valence-corrected chi connectivity index (χ1v) is 11.0. The van der Waals surface area contributed by atoms with Crippen molar-refractivity contribution in [1.82, 2.24) is 4.90 Å². The quantitative estimate of drug-likeness (QED) is 0.470. The Labute approximate surface area is 194 Å². The van der Waals surface area contributed by atoms with E-state index in [4.69, 9.17) is 18.6 Å². The van der Waals surface area contributed by atoms with Gasteiger partial charge in [-0.15, -0.1) is 0 Å². The van der Waals surface area contributed by atoms with Crippen molar-refractivity contribution in [3.05, 3.63) is 82.8 Å². The third-order valence-corrected chi connectivity index (χ3v) is 5.82. The first kappa shape index (κ1) is 22.5. The van der Waals surface area contributed by atoms with Gasteiger partial charge in [-0.2, -0.15) is 0 Å². The minimum atomic E-state index is -0.275. The number of rotatable bonds is 7. The van der Waals surface area contributed by atoms with Crippen LogP contribution in [0.2, 0.25) is 0 Å². The van der Waals surface area contributed by atoms with Gasteiger partial charge in [0.15, 0.2) is 11.5 Å². The van der Waals surface area contributed by atoms with E-state index in [2.05, 4.69) is 6.07 Å². The molecule has 1 aromatic heterocycles. The second-order valence-corrected chi connectivity index (χ2v) is 8.19. The highest BCUT2D eigenvalue weighted by atomic mass is 16.5. The summed E-state index contributed by atoms with van der Waals surface area (Å²) < 4.78 is 22.6. The Morgan fingerprint density at radius 2 is 1.82 bits per heavy atom. The van der Waals surface area contributed by atoms with Crippen LogP contribution in [0.4, 0.5) is 0 Å². The molecular weight excluding hydrogens is 418 g/mol. The van der Waals surface area contributed by atoms with Crippen LogP contribution in [0, 0.1) is 13.8 Å². The molecule has 2 aromatic carbocycles. The molecule has 6 heteroatoms. The van der Waals surface area contributed by atoms with Gasteiger partial charge in [-0.1, -0.05) is 6.07 Å². The molecule has 0 aliphatic carbocycles. The summed E-state index contributed by atoms with van der Waals surface area (Å²) in [6.45, 7) is 4.99. The molecule has 2 heterocycles. The van der Waals surface area contributed by atoms with E-state index >= 15 is 0 Å². The number of carbonyl (C=O) groups is 1. The molecule has 172 valence electrons. The van der Waals surface area contributed by atoms with Crippen LogP contribution < -0.4 is 14.2 Å². The highest BCUT2D eigenvalue weighted by Crippen LogP contribution is 2.38. The number of hydrogen-bond acceptors (Lipinski definition) is 5. The number of methoxy groups -OCH3 is 2. The fourth-order valence-corrected chi connectivity index (χ4v) is 4.30. The van der Waals surface area contributed by atoms with E-state index in [-0.39, 0.29) is 11.9 Å². The standard InChI is InChI=1S/C27H29NO5/c1-18-12-19(2)14-22(13-18)33-17-24-23-16-26(31-4)25(30-3)15-20(23)9-10-28(24)27(29)8-7-21-6-5-11-32-21/h5-8,11-16,24H,9-10,17H2,1-4H3/b8-7+. The number of hydrogen-bond donors (Lipinski definition) is 0. The van der Waals surface area contributed by atoms with Crippen molar-refractivity contribution in [3.8, 4) is 17.2 Å².